The summed E-state index contributed by atoms with van der Waals surface area (Å²) in [7, 11) is -3.17. The van der Waals surface area contributed by atoms with Gasteiger partial charge in [-0.15, -0.1) is 0 Å². The van der Waals surface area contributed by atoms with E-state index in [0.717, 1.165) is 6.26 Å². The first-order chi connectivity index (χ1) is 7.29. The number of hydrogen-bond donors (Lipinski definition) is 1. The second kappa shape index (κ2) is 7.13. The van der Waals surface area contributed by atoms with E-state index < -0.39 is 22.5 Å². The molecule has 98 valence electrons. The molecule has 0 aliphatic heterocycles. The van der Waals surface area contributed by atoms with Gasteiger partial charge in [0.2, 0.25) is 10.0 Å². The highest BCUT2D eigenvalue weighted by atomic mass is 32.2. The number of hydrogen-bond acceptors (Lipinski definition) is 3. The third-order valence-electron chi connectivity index (χ3n) is 2.25. The summed E-state index contributed by atoms with van der Waals surface area (Å²) < 4.78 is 47.9. The van der Waals surface area contributed by atoms with Crippen LogP contribution in [0.15, 0.2) is 0 Å². The Balaban J connectivity index is 3.81. The molecule has 0 saturated carbocycles. The summed E-state index contributed by atoms with van der Waals surface area (Å²) in [4.78, 5) is 0. The molecule has 0 bridgehead atoms. The second-order valence-electron chi connectivity index (χ2n) is 3.69. The van der Waals surface area contributed by atoms with Crippen molar-refractivity contribution in [3.8, 4) is 0 Å². The minimum absolute atomic E-state index is 0.359. The second-order valence-corrected chi connectivity index (χ2v) is 5.67. The van der Waals surface area contributed by atoms with E-state index in [1.165, 1.54) is 11.2 Å². The Morgan fingerprint density at radius 1 is 1.38 bits per heavy atom. The summed E-state index contributed by atoms with van der Waals surface area (Å²) in [6.45, 7) is 4.30. The minimum Gasteiger partial charge on any atom is -0.309 e. The summed E-state index contributed by atoms with van der Waals surface area (Å²) in [6, 6.07) is -0.853. The number of sulfonamides is 1. The summed E-state index contributed by atoms with van der Waals surface area (Å²) in [6.07, 6.45) is -0.721. The molecule has 7 heteroatoms. The zero-order valence-electron chi connectivity index (χ0n) is 9.91. The Bertz CT molecular complexity index is 283. The van der Waals surface area contributed by atoms with Crippen molar-refractivity contribution in [2.24, 2.45) is 0 Å². The summed E-state index contributed by atoms with van der Waals surface area (Å²) in [5.41, 5.74) is 0. The smallest absolute Gasteiger partial charge is 0.253 e. The maximum absolute atomic E-state index is 12.1. The van der Waals surface area contributed by atoms with E-state index in [0.29, 0.717) is 26.1 Å². The summed E-state index contributed by atoms with van der Waals surface area (Å²) in [5.74, 6) is 0. The standard InChI is InChI=1S/C9H20F2N2O2S/c1-4-13(16(3,14)15)7-5-6-12-8(2)9(10)11/h8-9,12H,4-7H2,1-3H3. The van der Waals surface area contributed by atoms with E-state index in [2.05, 4.69) is 5.32 Å². The zero-order chi connectivity index (χ0) is 12.8. The van der Waals surface area contributed by atoms with Crippen molar-refractivity contribution in [2.75, 3.05) is 25.9 Å². The zero-order valence-corrected chi connectivity index (χ0v) is 10.7. The maximum atomic E-state index is 12.1. The lowest BCUT2D eigenvalue weighted by atomic mass is 10.3. The third-order valence-corrected chi connectivity index (χ3v) is 3.63. The number of alkyl halides is 2. The van der Waals surface area contributed by atoms with Crippen molar-refractivity contribution in [2.45, 2.75) is 32.7 Å². The first-order valence-corrected chi connectivity index (χ1v) is 7.10. The maximum Gasteiger partial charge on any atom is 0.253 e. The first-order valence-electron chi connectivity index (χ1n) is 5.25. The molecule has 0 aliphatic rings. The van der Waals surface area contributed by atoms with Gasteiger partial charge in [0, 0.05) is 13.1 Å². The van der Waals surface area contributed by atoms with Crippen molar-refractivity contribution < 1.29 is 17.2 Å². The van der Waals surface area contributed by atoms with Crippen LogP contribution in [-0.2, 0) is 10.0 Å². The molecule has 1 atom stereocenters. The normalized spacial score (nSPS) is 14.7. The van der Waals surface area contributed by atoms with Crippen LogP contribution in [-0.4, -0.2) is 51.1 Å². The van der Waals surface area contributed by atoms with Crippen molar-refractivity contribution in [1.82, 2.24) is 9.62 Å². The molecule has 4 nitrogen and oxygen atoms in total. The molecular formula is C9H20F2N2O2S. The van der Waals surface area contributed by atoms with Gasteiger partial charge in [-0.05, 0) is 19.9 Å². The fourth-order valence-corrected chi connectivity index (χ4v) is 2.16. The van der Waals surface area contributed by atoms with E-state index in [1.807, 2.05) is 0 Å². The molecule has 0 aliphatic carbocycles. The van der Waals surface area contributed by atoms with Gasteiger partial charge in [0.25, 0.3) is 6.43 Å². The van der Waals surface area contributed by atoms with E-state index in [1.54, 1.807) is 6.92 Å². The van der Waals surface area contributed by atoms with Crippen molar-refractivity contribution in [1.29, 1.82) is 0 Å². The van der Waals surface area contributed by atoms with E-state index >= 15 is 0 Å². The van der Waals surface area contributed by atoms with Gasteiger partial charge in [0.1, 0.15) is 0 Å². The minimum atomic E-state index is -3.17. The molecule has 0 aromatic heterocycles. The van der Waals surface area contributed by atoms with Crippen LogP contribution in [0.5, 0.6) is 0 Å². The Labute approximate surface area is 96.1 Å². The van der Waals surface area contributed by atoms with Gasteiger partial charge < -0.3 is 5.32 Å². The Hall–Kier alpha value is -0.270. The summed E-state index contributed by atoms with van der Waals surface area (Å²) in [5, 5.41) is 2.64. The lowest BCUT2D eigenvalue weighted by Gasteiger charge is -2.18. The van der Waals surface area contributed by atoms with Gasteiger partial charge in [-0.25, -0.2) is 21.5 Å². The molecule has 0 aromatic carbocycles. The molecule has 0 rings (SSSR count). The van der Waals surface area contributed by atoms with Gasteiger partial charge in [-0.3, -0.25) is 0 Å². The van der Waals surface area contributed by atoms with Crippen LogP contribution >= 0.6 is 0 Å². The third kappa shape index (κ3) is 6.34. The van der Waals surface area contributed by atoms with Crippen LogP contribution in [0.25, 0.3) is 0 Å². The predicted molar refractivity (Wildman–Crippen MR) is 60.2 cm³/mol. The Kier molecular flexibility index (Phi) is 7.01. The van der Waals surface area contributed by atoms with Crippen molar-refractivity contribution in [3.63, 3.8) is 0 Å². The van der Waals surface area contributed by atoms with Crippen LogP contribution in [0.2, 0.25) is 0 Å². The van der Waals surface area contributed by atoms with Crippen molar-refractivity contribution >= 4 is 10.0 Å². The van der Waals surface area contributed by atoms with Gasteiger partial charge >= 0.3 is 0 Å². The van der Waals surface area contributed by atoms with E-state index in [9.17, 15) is 17.2 Å². The van der Waals surface area contributed by atoms with E-state index in [-0.39, 0.29) is 0 Å². The highest BCUT2D eigenvalue weighted by Crippen LogP contribution is 2.01. The highest BCUT2D eigenvalue weighted by Gasteiger charge is 2.15. The predicted octanol–water partition coefficient (Wildman–Crippen LogP) is 0.901. The molecule has 0 heterocycles. The van der Waals surface area contributed by atoms with Gasteiger partial charge in [-0.2, -0.15) is 0 Å². The van der Waals surface area contributed by atoms with Crippen LogP contribution in [0.3, 0.4) is 0 Å². The highest BCUT2D eigenvalue weighted by molar-refractivity contribution is 7.88. The lowest BCUT2D eigenvalue weighted by Crippen LogP contribution is -2.36. The van der Waals surface area contributed by atoms with Gasteiger partial charge in [-0.1, -0.05) is 6.92 Å². The van der Waals surface area contributed by atoms with Gasteiger partial charge in [0.15, 0.2) is 0 Å². The van der Waals surface area contributed by atoms with Crippen LogP contribution in [0.1, 0.15) is 20.3 Å². The molecule has 0 fully saturated rings. The number of halogens is 2. The average molecular weight is 258 g/mol. The van der Waals surface area contributed by atoms with Crippen LogP contribution < -0.4 is 5.32 Å². The number of nitrogens with zero attached hydrogens (tertiary/aromatic N) is 1. The average Bonchev–Trinajstić information content (AvgIpc) is 2.15. The topological polar surface area (TPSA) is 49.4 Å². The quantitative estimate of drug-likeness (QED) is 0.658. The SMILES string of the molecule is CCN(CCCNC(C)C(F)F)S(C)(=O)=O. The molecule has 16 heavy (non-hydrogen) atoms. The Morgan fingerprint density at radius 2 is 1.94 bits per heavy atom. The largest absolute Gasteiger partial charge is 0.309 e. The summed E-state index contributed by atoms with van der Waals surface area (Å²) >= 11 is 0. The van der Waals surface area contributed by atoms with Crippen molar-refractivity contribution in [3.05, 3.63) is 0 Å². The Morgan fingerprint density at radius 3 is 2.31 bits per heavy atom. The van der Waals surface area contributed by atoms with Crippen LogP contribution in [0, 0.1) is 0 Å². The molecule has 1 unspecified atom stereocenters. The molecule has 0 aromatic rings. The fourth-order valence-electron chi connectivity index (χ4n) is 1.23. The molecular weight excluding hydrogens is 238 g/mol. The number of rotatable bonds is 8. The first kappa shape index (κ1) is 15.7. The molecule has 0 spiro atoms. The van der Waals surface area contributed by atoms with Crippen LogP contribution in [0.4, 0.5) is 8.78 Å². The molecule has 1 N–H and O–H groups in total. The van der Waals surface area contributed by atoms with Gasteiger partial charge in [0.05, 0.1) is 12.3 Å². The number of nitrogens with one attached hydrogen (secondary N) is 1. The fraction of sp³-hybridized carbons (Fsp3) is 1.00. The molecule has 0 radical (unpaired) electrons. The monoisotopic (exact) mass is 258 g/mol. The lowest BCUT2D eigenvalue weighted by molar-refractivity contribution is 0.106. The molecule has 0 amide bonds. The van der Waals surface area contributed by atoms with E-state index in [4.69, 9.17) is 0 Å². The molecule has 0 saturated heterocycles.